The predicted octanol–water partition coefficient (Wildman–Crippen LogP) is 13.3. The van der Waals surface area contributed by atoms with E-state index in [4.69, 9.17) is 9.97 Å². The minimum absolute atomic E-state index is 0.688. The van der Waals surface area contributed by atoms with Crippen molar-refractivity contribution in [3.8, 4) is 67.3 Å². The van der Waals surface area contributed by atoms with Gasteiger partial charge in [-0.3, -0.25) is 4.98 Å². The average Bonchev–Trinajstić information content (AvgIpc) is 3.26. The third-order valence-corrected chi connectivity index (χ3v) is 10.4. The van der Waals surface area contributed by atoms with Gasteiger partial charge in [0.1, 0.15) is 0 Å². The molecule has 10 rings (SSSR count). The van der Waals surface area contributed by atoms with E-state index in [1.54, 1.807) is 6.20 Å². The van der Waals surface area contributed by atoms with E-state index in [0.29, 0.717) is 5.82 Å². The fourth-order valence-corrected chi connectivity index (χ4v) is 7.72. The lowest BCUT2D eigenvalue weighted by molar-refractivity contribution is 1.18. The normalized spacial score (nSPS) is 11.3. The molecule has 0 unspecified atom stereocenters. The molecule has 0 radical (unpaired) electrons. The Hall–Kier alpha value is -7.23. The summed E-state index contributed by atoms with van der Waals surface area (Å²) in [5.74, 6) is 0.688. The van der Waals surface area contributed by atoms with Crippen LogP contribution < -0.4 is 0 Å². The summed E-state index contributed by atoms with van der Waals surface area (Å²) in [4.78, 5) is 14.7. The monoisotopic (exact) mass is 687 g/mol. The van der Waals surface area contributed by atoms with Crippen molar-refractivity contribution in [1.29, 1.82) is 0 Å². The highest BCUT2D eigenvalue weighted by Crippen LogP contribution is 2.42. The van der Waals surface area contributed by atoms with Crippen molar-refractivity contribution in [1.82, 2.24) is 15.0 Å². The molecule has 54 heavy (non-hydrogen) atoms. The molecule has 0 aliphatic rings. The third kappa shape index (κ3) is 5.69. The van der Waals surface area contributed by atoms with Crippen LogP contribution in [0.25, 0.3) is 99.6 Å². The van der Waals surface area contributed by atoms with Gasteiger partial charge < -0.3 is 0 Å². The van der Waals surface area contributed by atoms with Crippen molar-refractivity contribution in [3.63, 3.8) is 0 Å². The van der Waals surface area contributed by atoms with Gasteiger partial charge in [0.25, 0.3) is 0 Å². The van der Waals surface area contributed by atoms with Gasteiger partial charge in [-0.2, -0.15) is 0 Å². The quantitative estimate of drug-likeness (QED) is 0.163. The van der Waals surface area contributed by atoms with Crippen LogP contribution in [-0.2, 0) is 0 Å². The Morgan fingerprint density at radius 3 is 1.37 bits per heavy atom. The molecule has 252 valence electrons. The van der Waals surface area contributed by atoms with Crippen LogP contribution in [0.4, 0.5) is 0 Å². The maximum absolute atomic E-state index is 5.20. The van der Waals surface area contributed by atoms with Gasteiger partial charge in [0.2, 0.25) is 0 Å². The van der Waals surface area contributed by atoms with Gasteiger partial charge >= 0.3 is 0 Å². The molecule has 10 aromatic rings. The molecule has 3 nitrogen and oxygen atoms in total. The van der Waals surface area contributed by atoms with Gasteiger partial charge in [0.05, 0.1) is 11.4 Å². The Balaban J connectivity index is 1.14. The second kappa shape index (κ2) is 13.4. The zero-order valence-corrected chi connectivity index (χ0v) is 29.4. The Kier molecular flexibility index (Phi) is 7.81. The molecule has 0 atom stereocenters. The van der Waals surface area contributed by atoms with Crippen molar-refractivity contribution in [2.75, 3.05) is 0 Å². The summed E-state index contributed by atoms with van der Waals surface area (Å²) in [7, 11) is 0. The first-order chi connectivity index (χ1) is 26.8. The molecule has 0 saturated heterocycles. The number of hydrogen-bond acceptors (Lipinski definition) is 3. The first-order valence-corrected chi connectivity index (χ1v) is 18.3. The molecule has 2 heterocycles. The van der Waals surface area contributed by atoms with E-state index in [2.05, 4.69) is 181 Å². The van der Waals surface area contributed by atoms with Crippen LogP contribution in [0.3, 0.4) is 0 Å². The predicted molar refractivity (Wildman–Crippen MR) is 225 cm³/mol. The summed E-state index contributed by atoms with van der Waals surface area (Å²) in [6.45, 7) is 0. The van der Waals surface area contributed by atoms with E-state index in [-0.39, 0.29) is 0 Å². The van der Waals surface area contributed by atoms with Crippen LogP contribution in [0.1, 0.15) is 0 Å². The molecule has 0 spiro atoms. The van der Waals surface area contributed by atoms with Gasteiger partial charge in [-0.25, -0.2) is 9.97 Å². The maximum atomic E-state index is 5.20. The van der Waals surface area contributed by atoms with E-state index in [1.165, 1.54) is 49.0 Å². The van der Waals surface area contributed by atoms with Crippen molar-refractivity contribution in [2.45, 2.75) is 0 Å². The summed E-state index contributed by atoms with van der Waals surface area (Å²) in [5.41, 5.74) is 11.8. The molecule has 0 bridgehead atoms. The zero-order chi connectivity index (χ0) is 35.8. The van der Waals surface area contributed by atoms with Gasteiger partial charge in [0.15, 0.2) is 5.82 Å². The topological polar surface area (TPSA) is 38.7 Å². The first-order valence-electron chi connectivity index (χ1n) is 18.3. The van der Waals surface area contributed by atoms with Crippen LogP contribution in [0, 0.1) is 0 Å². The molecule has 8 aromatic carbocycles. The molecule has 0 aliphatic carbocycles. The molecular formula is C51H33N3. The second-order valence-corrected chi connectivity index (χ2v) is 13.6. The van der Waals surface area contributed by atoms with Crippen LogP contribution in [0.15, 0.2) is 200 Å². The lowest BCUT2D eigenvalue weighted by atomic mass is 9.87. The van der Waals surface area contributed by atoms with E-state index in [1.807, 2.05) is 18.3 Å². The minimum Gasteiger partial charge on any atom is -0.264 e. The Labute approximate surface area is 313 Å². The number of pyridine rings is 1. The highest BCUT2D eigenvalue weighted by Gasteiger charge is 2.16. The molecule has 0 amide bonds. The number of benzene rings is 8. The van der Waals surface area contributed by atoms with E-state index in [9.17, 15) is 0 Å². The number of nitrogens with zero attached hydrogens (tertiary/aromatic N) is 3. The number of fused-ring (bicyclic) bond motifs is 5. The highest BCUT2D eigenvalue weighted by atomic mass is 14.9. The number of rotatable bonds is 6. The molecule has 0 fully saturated rings. The number of hydrogen-bond donors (Lipinski definition) is 0. The Bertz CT molecular complexity index is 2960. The lowest BCUT2D eigenvalue weighted by Gasteiger charge is -2.16. The Morgan fingerprint density at radius 1 is 0.278 bits per heavy atom. The lowest BCUT2D eigenvalue weighted by Crippen LogP contribution is -1.96. The van der Waals surface area contributed by atoms with Crippen molar-refractivity contribution in [2.24, 2.45) is 0 Å². The van der Waals surface area contributed by atoms with Gasteiger partial charge in [-0.05, 0) is 96.0 Å². The standard InChI is InChI=1S/C51H33N3/c1-3-13-35(14-4-1)45-30-47-44-23-10-8-21-42(44)46(31-48(47)43-22-9-7-20-41(43)45)38-17-11-18-39(29-38)51-53-49(36-15-5-2-6-16-36)32-50(54-51)37-26-24-34(25-27-37)40-19-12-28-52-33-40/h1-33H. The molecule has 0 N–H and O–H groups in total. The molecular weight excluding hydrogens is 655 g/mol. The largest absolute Gasteiger partial charge is 0.264 e. The molecule has 2 aromatic heterocycles. The summed E-state index contributed by atoms with van der Waals surface area (Å²) >= 11 is 0. The maximum Gasteiger partial charge on any atom is 0.160 e. The van der Waals surface area contributed by atoms with Crippen LogP contribution in [0.5, 0.6) is 0 Å². The van der Waals surface area contributed by atoms with Gasteiger partial charge in [-0.15, -0.1) is 0 Å². The van der Waals surface area contributed by atoms with Crippen molar-refractivity contribution in [3.05, 3.63) is 200 Å². The SMILES string of the molecule is c1ccc(-c2cc(-c3ccc(-c4cccnc4)cc3)nc(-c3cccc(-c4cc5c6ccccc6c(-c6ccccc6)cc5c5ccccc45)c3)n2)cc1. The van der Waals surface area contributed by atoms with E-state index >= 15 is 0 Å². The molecule has 0 aliphatic heterocycles. The van der Waals surface area contributed by atoms with Crippen LogP contribution in [0.2, 0.25) is 0 Å². The third-order valence-electron chi connectivity index (χ3n) is 10.4. The average molecular weight is 688 g/mol. The van der Waals surface area contributed by atoms with E-state index < -0.39 is 0 Å². The minimum atomic E-state index is 0.688. The summed E-state index contributed by atoms with van der Waals surface area (Å²) in [5, 5.41) is 7.43. The smallest absolute Gasteiger partial charge is 0.160 e. The molecule has 0 saturated carbocycles. The summed E-state index contributed by atoms with van der Waals surface area (Å²) in [6, 6.07) is 66.7. The fourth-order valence-electron chi connectivity index (χ4n) is 7.72. The van der Waals surface area contributed by atoms with Crippen LogP contribution in [-0.4, -0.2) is 15.0 Å². The van der Waals surface area contributed by atoms with Crippen molar-refractivity contribution >= 4 is 32.3 Å². The van der Waals surface area contributed by atoms with Crippen molar-refractivity contribution < 1.29 is 0 Å². The second-order valence-electron chi connectivity index (χ2n) is 13.6. The van der Waals surface area contributed by atoms with E-state index in [0.717, 1.165) is 44.8 Å². The number of aromatic nitrogens is 3. The Morgan fingerprint density at radius 2 is 0.759 bits per heavy atom. The van der Waals surface area contributed by atoms with Crippen LogP contribution >= 0.6 is 0 Å². The fraction of sp³-hybridized carbons (Fsp3) is 0. The summed E-state index contributed by atoms with van der Waals surface area (Å²) in [6.07, 6.45) is 3.69. The zero-order valence-electron chi connectivity index (χ0n) is 29.4. The first kappa shape index (κ1) is 31.5. The van der Waals surface area contributed by atoms with Gasteiger partial charge in [0, 0.05) is 29.1 Å². The molecule has 3 heteroatoms. The van der Waals surface area contributed by atoms with Gasteiger partial charge in [-0.1, -0.05) is 158 Å². The summed E-state index contributed by atoms with van der Waals surface area (Å²) < 4.78 is 0. The highest BCUT2D eigenvalue weighted by molar-refractivity contribution is 6.23.